The fourth-order valence-electron chi connectivity index (χ4n) is 4.97. The number of nitrogens with one attached hydrogen (secondary N) is 1. The summed E-state index contributed by atoms with van der Waals surface area (Å²) in [5, 5.41) is 15.9. The van der Waals surface area contributed by atoms with E-state index in [1.165, 1.54) is 16.9 Å². The van der Waals surface area contributed by atoms with Gasteiger partial charge in [-0.25, -0.2) is 4.98 Å². The van der Waals surface area contributed by atoms with Crippen LogP contribution in [-0.2, 0) is 0 Å². The van der Waals surface area contributed by atoms with Crippen molar-refractivity contribution < 1.29 is 9.90 Å². The van der Waals surface area contributed by atoms with Crippen molar-refractivity contribution in [2.24, 2.45) is 11.3 Å². The Hall–Kier alpha value is -2.77. The maximum Gasteiger partial charge on any atom is 0.270 e. The van der Waals surface area contributed by atoms with Crippen molar-refractivity contribution in [2.45, 2.75) is 12.0 Å². The number of nitrogens with zero attached hydrogens (tertiary/aromatic N) is 3. The largest absolute Gasteiger partial charge is 0.391 e. The molecule has 1 amide bonds. The molecule has 0 bridgehead atoms. The van der Waals surface area contributed by atoms with E-state index in [2.05, 4.69) is 32.3 Å². The number of aliphatic hydroxyl groups is 1. The molecule has 3 heterocycles. The van der Waals surface area contributed by atoms with E-state index in [-0.39, 0.29) is 23.2 Å². The van der Waals surface area contributed by atoms with Crippen LogP contribution >= 0.6 is 11.3 Å². The smallest absolute Gasteiger partial charge is 0.270 e. The molecule has 1 aliphatic heterocycles. The molecule has 3 aromatic rings. The first kappa shape index (κ1) is 18.3. The fraction of sp³-hybridized carbons (Fsp3) is 0.318. The van der Waals surface area contributed by atoms with E-state index in [1.807, 2.05) is 30.3 Å². The van der Waals surface area contributed by atoms with Crippen molar-refractivity contribution in [2.75, 3.05) is 24.5 Å². The highest BCUT2D eigenvalue weighted by molar-refractivity contribution is 7.07. The van der Waals surface area contributed by atoms with Gasteiger partial charge >= 0.3 is 0 Å². The summed E-state index contributed by atoms with van der Waals surface area (Å²) in [5.41, 5.74) is 4.13. The van der Waals surface area contributed by atoms with E-state index in [9.17, 15) is 9.90 Å². The molecule has 2 aliphatic rings. The van der Waals surface area contributed by atoms with Crippen molar-refractivity contribution in [3.8, 4) is 0 Å². The highest BCUT2D eigenvalue weighted by Crippen LogP contribution is 2.68. The number of anilines is 1. The first-order valence-electron chi connectivity index (χ1n) is 9.74. The number of carbonyl (C=O) groups excluding carboxylic acids is 1. The molecule has 0 unspecified atom stereocenters. The van der Waals surface area contributed by atoms with Crippen molar-refractivity contribution in [1.82, 2.24) is 15.3 Å². The van der Waals surface area contributed by atoms with Gasteiger partial charge < -0.3 is 15.3 Å². The number of aromatic nitrogens is 2. The molecule has 1 saturated carbocycles. The summed E-state index contributed by atoms with van der Waals surface area (Å²) in [7, 11) is 0. The molecular weight excluding hydrogens is 384 g/mol. The second kappa shape index (κ2) is 7.24. The molecular formula is C22H22N4O2S. The minimum atomic E-state index is -0.456. The number of thiazole rings is 1. The number of rotatable bonds is 5. The zero-order valence-corrected chi connectivity index (χ0v) is 16.6. The molecule has 1 aliphatic carbocycles. The molecule has 1 aromatic carbocycles. The lowest BCUT2D eigenvalue weighted by molar-refractivity contribution is 0.0935. The normalized spacial score (nSPS) is 27.9. The summed E-state index contributed by atoms with van der Waals surface area (Å²) < 4.78 is 0. The van der Waals surface area contributed by atoms with Gasteiger partial charge in [0.2, 0.25) is 0 Å². The van der Waals surface area contributed by atoms with Crippen LogP contribution in [0.2, 0.25) is 0 Å². The van der Waals surface area contributed by atoms with Crippen LogP contribution in [0.15, 0.2) is 65.7 Å². The number of benzene rings is 1. The molecule has 7 heteroatoms. The number of amides is 1. The number of hydrogen-bond acceptors (Lipinski definition) is 6. The van der Waals surface area contributed by atoms with Crippen LogP contribution in [0.5, 0.6) is 0 Å². The lowest BCUT2D eigenvalue weighted by atomic mass is 9.95. The van der Waals surface area contributed by atoms with Gasteiger partial charge in [0.1, 0.15) is 5.69 Å². The monoisotopic (exact) mass is 406 g/mol. The first-order valence-corrected chi connectivity index (χ1v) is 10.7. The maximum atomic E-state index is 12.4. The maximum absolute atomic E-state index is 12.4. The number of aliphatic hydroxyl groups excluding tert-OH is 1. The fourth-order valence-corrected chi connectivity index (χ4v) is 5.50. The average Bonchev–Trinajstić information content (AvgIpc) is 3.07. The molecule has 29 heavy (non-hydrogen) atoms. The Morgan fingerprint density at radius 3 is 2.76 bits per heavy atom. The van der Waals surface area contributed by atoms with Gasteiger partial charge in [-0.05, 0) is 29.5 Å². The minimum absolute atomic E-state index is 0.154. The highest BCUT2D eigenvalue weighted by Gasteiger charge is 2.71. The Bertz CT molecular complexity index is 983. The molecule has 2 aromatic heterocycles. The summed E-state index contributed by atoms with van der Waals surface area (Å²) in [5.74, 6) is 0.231. The number of carbonyl (C=O) groups is 1. The van der Waals surface area contributed by atoms with E-state index in [0.29, 0.717) is 18.8 Å². The third-order valence-electron chi connectivity index (χ3n) is 6.38. The lowest BCUT2D eigenvalue weighted by Crippen LogP contribution is -2.30. The lowest BCUT2D eigenvalue weighted by Gasteiger charge is -2.18. The second-order valence-corrected chi connectivity index (χ2v) is 8.51. The summed E-state index contributed by atoms with van der Waals surface area (Å²) >= 11 is 1.41. The number of hydrogen-bond donors (Lipinski definition) is 2. The van der Waals surface area contributed by atoms with Gasteiger partial charge in [-0.3, -0.25) is 9.78 Å². The quantitative estimate of drug-likeness (QED) is 0.681. The molecule has 1 spiro atoms. The molecule has 6 nitrogen and oxygen atoms in total. The molecule has 0 radical (unpaired) electrons. The average molecular weight is 407 g/mol. The van der Waals surface area contributed by atoms with Crippen LogP contribution < -0.4 is 10.2 Å². The SMILES string of the molecule is O=C(NC[C@@H]1[C@@H](c2ccccc2)[C@]12CN(c1ccncc1)C[C@H]2O)c1cscn1. The summed E-state index contributed by atoms with van der Waals surface area (Å²) in [6, 6.07) is 14.3. The number of β-amino-alcohol motifs (C(OH)–C–C–N with tert-alkyl or cyclic N) is 1. The van der Waals surface area contributed by atoms with Crippen LogP contribution in [0, 0.1) is 11.3 Å². The van der Waals surface area contributed by atoms with Crippen molar-refractivity contribution in [3.05, 3.63) is 77.0 Å². The van der Waals surface area contributed by atoms with Crippen LogP contribution in [0.4, 0.5) is 5.69 Å². The van der Waals surface area contributed by atoms with Crippen LogP contribution in [-0.4, -0.2) is 46.7 Å². The van der Waals surface area contributed by atoms with Crippen molar-refractivity contribution in [1.29, 1.82) is 0 Å². The van der Waals surface area contributed by atoms with E-state index < -0.39 is 6.10 Å². The molecule has 2 N–H and O–H groups in total. The Balaban J connectivity index is 1.39. The van der Waals surface area contributed by atoms with Crippen LogP contribution in [0.3, 0.4) is 0 Å². The second-order valence-electron chi connectivity index (χ2n) is 7.79. The molecule has 5 rings (SSSR count). The molecule has 148 valence electrons. The third kappa shape index (κ3) is 3.10. The Kier molecular flexibility index (Phi) is 4.56. The van der Waals surface area contributed by atoms with Gasteiger partial charge in [-0.1, -0.05) is 30.3 Å². The summed E-state index contributed by atoms with van der Waals surface area (Å²) in [6.45, 7) is 1.87. The van der Waals surface area contributed by atoms with Gasteiger partial charge in [-0.2, -0.15) is 0 Å². The predicted molar refractivity (Wildman–Crippen MR) is 112 cm³/mol. The van der Waals surface area contributed by atoms with Gasteiger partial charge in [0, 0.05) is 48.5 Å². The minimum Gasteiger partial charge on any atom is -0.391 e. The first-order chi connectivity index (χ1) is 14.2. The standard InChI is InChI=1S/C22H22N4O2S/c27-19-11-26(16-6-8-23-9-7-16)13-22(19)17(20(22)15-4-2-1-3-5-15)10-24-21(28)18-12-29-14-25-18/h1-9,12,14,17,19-20,27H,10-11,13H2,(H,24,28)/t17-,19-,20-,22-/m1/s1. The Morgan fingerprint density at radius 1 is 1.24 bits per heavy atom. The van der Waals surface area contributed by atoms with Crippen molar-refractivity contribution in [3.63, 3.8) is 0 Å². The van der Waals surface area contributed by atoms with E-state index in [4.69, 9.17) is 0 Å². The zero-order valence-electron chi connectivity index (χ0n) is 15.8. The van der Waals surface area contributed by atoms with E-state index in [0.717, 1.165) is 12.2 Å². The number of pyridine rings is 1. The van der Waals surface area contributed by atoms with Gasteiger partial charge in [0.25, 0.3) is 5.91 Å². The zero-order chi connectivity index (χ0) is 19.8. The summed E-state index contributed by atoms with van der Waals surface area (Å²) in [6.07, 6.45) is 3.10. The van der Waals surface area contributed by atoms with Crippen LogP contribution in [0.25, 0.3) is 0 Å². The summed E-state index contributed by atoms with van der Waals surface area (Å²) in [4.78, 5) is 22.8. The van der Waals surface area contributed by atoms with Crippen molar-refractivity contribution >= 4 is 22.9 Å². The predicted octanol–water partition coefficient (Wildman–Crippen LogP) is 2.55. The molecule has 1 saturated heterocycles. The third-order valence-corrected chi connectivity index (χ3v) is 6.96. The Labute approximate surface area is 173 Å². The van der Waals surface area contributed by atoms with Gasteiger partial charge in [-0.15, -0.1) is 11.3 Å². The topological polar surface area (TPSA) is 78.4 Å². The molecule has 4 atom stereocenters. The highest BCUT2D eigenvalue weighted by atomic mass is 32.1. The molecule has 2 fully saturated rings. The van der Waals surface area contributed by atoms with Gasteiger partial charge in [0.15, 0.2) is 0 Å². The van der Waals surface area contributed by atoms with Crippen LogP contribution in [0.1, 0.15) is 22.0 Å². The van der Waals surface area contributed by atoms with Gasteiger partial charge in [0.05, 0.1) is 11.6 Å². The van der Waals surface area contributed by atoms with E-state index >= 15 is 0 Å². The van der Waals surface area contributed by atoms with E-state index in [1.54, 1.807) is 23.3 Å². The Morgan fingerprint density at radius 2 is 2.03 bits per heavy atom.